The fourth-order valence-electron chi connectivity index (χ4n) is 3.61. The molecule has 1 aromatic heterocycles. The van der Waals surface area contributed by atoms with Gasteiger partial charge in [-0.25, -0.2) is 9.37 Å². The fraction of sp³-hybridized carbons (Fsp3) is 0.200. The van der Waals surface area contributed by atoms with E-state index in [1.807, 2.05) is 47.9 Å². The number of benzene rings is 2. The van der Waals surface area contributed by atoms with Gasteiger partial charge in [0.2, 0.25) is 5.95 Å². The largest absolute Gasteiger partial charge is 0.294 e. The minimum absolute atomic E-state index is 0.0166. The van der Waals surface area contributed by atoms with Crippen molar-refractivity contribution in [2.24, 2.45) is 0 Å². The average molecular weight is 335 g/mol. The van der Waals surface area contributed by atoms with Crippen LogP contribution in [0.15, 0.2) is 60.8 Å². The van der Waals surface area contributed by atoms with Crippen LogP contribution in [0.3, 0.4) is 0 Å². The van der Waals surface area contributed by atoms with E-state index in [0.717, 1.165) is 11.3 Å². The van der Waals surface area contributed by atoms with Crippen LogP contribution in [0.4, 0.5) is 10.3 Å². The maximum Gasteiger partial charge on any atom is 0.255 e. The molecule has 1 aliphatic rings. The van der Waals surface area contributed by atoms with Gasteiger partial charge in [-0.05, 0) is 24.6 Å². The molecule has 3 aromatic rings. The van der Waals surface area contributed by atoms with E-state index < -0.39 is 5.54 Å². The van der Waals surface area contributed by atoms with E-state index in [-0.39, 0.29) is 11.7 Å². The van der Waals surface area contributed by atoms with E-state index in [1.165, 1.54) is 12.1 Å². The van der Waals surface area contributed by atoms with Crippen molar-refractivity contribution in [3.8, 4) is 11.3 Å². The van der Waals surface area contributed by atoms with E-state index in [2.05, 4.69) is 4.98 Å². The number of anilines is 1. The molecule has 5 heteroatoms. The van der Waals surface area contributed by atoms with Gasteiger partial charge < -0.3 is 0 Å². The zero-order valence-corrected chi connectivity index (χ0v) is 14.1. The number of carbonyl (C=O) groups excluding carboxylic acids is 1. The van der Waals surface area contributed by atoms with E-state index in [9.17, 15) is 9.18 Å². The number of halogens is 1. The monoisotopic (exact) mass is 335 g/mol. The van der Waals surface area contributed by atoms with Gasteiger partial charge in [0.25, 0.3) is 5.91 Å². The highest BCUT2D eigenvalue weighted by Gasteiger charge is 2.48. The molecule has 0 aliphatic carbocycles. The van der Waals surface area contributed by atoms with E-state index in [1.54, 1.807) is 24.2 Å². The topological polar surface area (TPSA) is 38.1 Å². The lowest BCUT2D eigenvalue weighted by Crippen LogP contribution is -2.41. The van der Waals surface area contributed by atoms with Crippen molar-refractivity contribution in [2.45, 2.75) is 18.9 Å². The maximum atomic E-state index is 13.7. The van der Waals surface area contributed by atoms with Gasteiger partial charge in [0, 0.05) is 19.0 Å². The Morgan fingerprint density at radius 2 is 1.88 bits per heavy atom. The summed E-state index contributed by atoms with van der Waals surface area (Å²) in [6, 6.07) is 16.3. The Balaban J connectivity index is 1.87. The summed E-state index contributed by atoms with van der Waals surface area (Å²) in [5.41, 5.74) is 1.72. The van der Waals surface area contributed by atoms with Gasteiger partial charge >= 0.3 is 0 Å². The molecule has 1 aliphatic heterocycles. The second-order valence-corrected chi connectivity index (χ2v) is 6.59. The van der Waals surface area contributed by atoms with Crippen molar-refractivity contribution in [2.75, 3.05) is 11.9 Å². The summed E-state index contributed by atoms with van der Waals surface area (Å²) in [5.74, 6) is 0.260. The van der Waals surface area contributed by atoms with Gasteiger partial charge in [-0.15, -0.1) is 0 Å². The molecular weight excluding hydrogens is 317 g/mol. The summed E-state index contributed by atoms with van der Waals surface area (Å²) in [7, 11) is 1.73. The first-order valence-electron chi connectivity index (χ1n) is 8.17. The molecule has 4 rings (SSSR count). The lowest BCUT2D eigenvalue weighted by Gasteiger charge is -2.26. The van der Waals surface area contributed by atoms with Crippen LogP contribution in [0.5, 0.6) is 0 Å². The Bertz CT molecular complexity index is 951. The first-order valence-corrected chi connectivity index (χ1v) is 8.17. The van der Waals surface area contributed by atoms with Crippen molar-refractivity contribution in [3.05, 3.63) is 72.2 Å². The summed E-state index contributed by atoms with van der Waals surface area (Å²) in [5, 5.41) is 0. The summed E-state index contributed by atoms with van der Waals surface area (Å²) < 4.78 is 15.6. The summed E-state index contributed by atoms with van der Waals surface area (Å²) in [6.45, 7) is 1.92. The molecule has 0 saturated carbocycles. The predicted molar refractivity (Wildman–Crippen MR) is 94.8 cm³/mol. The SMILES string of the molecule is CN1C(=O)C(C)(Cc2ccccc2)n2c(-c3cccc(F)c3)cnc21. The smallest absolute Gasteiger partial charge is 0.255 e. The quantitative estimate of drug-likeness (QED) is 0.733. The molecule has 0 N–H and O–H groups in total. The lowest BCUT2D eigenvalue weighted by atomic mass is 9.91. The van der Waals surface area contributed by atoms with Crippen molar-refractivity contribution in [1.29, 1.82) is 0 Å². The predicted octanol–water partition coefficient (Wildman–Crippen LogP) is 3.62. The normalized spacial score (nSPS) is 19.3. The Kier molecular flexibility index (Phi) is 3.46. The Labute approximate surface area is 145 Å². The Hall–Kier alpha value is -2.95. The number of amides is 1. The van der Waals surface area contributed by atoms with Crippen LogP contribution in [-0.2, 0) is 16.8 Å². The van der Waals surface area contributed by atoms with Crippen molar-refractivity contribution < 1.29 is 9.18 Å². The van der Waals surface area contributed by atoms with E-state index in [0.29, 0.717) is 17.9 Å². The highest BCUT2D eigenvalue weighted by atomic mass is 19.1. The molecule has 0 bridgehead atoms. The highest BCUT2D eigenvalue weighted by Crippen LogP contribution is 2.40. The average Bonchev–Trinajstić information content (AvgIpc) is 3.13. The van der Waals surface area contributed by atoms with Crippen LogP contribution < -0.4 is 4.90 Å². The van der Waals surface area contributed by atoms with Crippen LogP contribution in [-0.4, -0.2) is 22.5 Å². The standard InChI is InChI=1S/C20H18FN3O/c1-20(12-14-7-4-3-5-8-14)18(25)23(2)19-22-13-17(24(19)20)15-9-6-10-16(21)11-15/h3-11,13H,12H2,1-2H3. The zero-order chi connectivity index (χ0) is 17.6. The van der Waals surface area contributed by atoms with Gasteiger partial charge in [0.1, 0.15) is 11.4 Å². The van der Waals surface area contributed by atoms with Gasteiger partial charge in [-0.3, -0.25) is 14.3 Å². The number of aromatic nitrogens is 2. The number of hydrogen-bond acceptors (Lipinski definition) is 2. The minimum atomic E-state index is -0.802. The molecule has 1 amide bonds. The molecule has 4 nitrogen and oxygen atoms in total. The molecule has 0 spiro atoms. The van der Waals surface area contributed by atoms with Crippen LogP contribution in [0.1, 0.15) is 12.5 Å². The second-order valence-electron chi connectivity index (χ2n) is 6.59. The van der Waals surface area contributed by atoms with Gasteiger partial charge in [0.15, 0.2) is 0 Å². The molecule has 126 valence electrons. The number of imidazole rings is 1. The van der Waals surface area contributed by atoms with Crippen LogP contribution >= 0.6 is 0 Å². The van der Waals surface area contributed by atoms with Crippen LogP contribution in [0, 0.1) is 5.82 Å². The van der Waals surface area contributed by atoms with Crippen LogP contribution in [0.25, 0.3) is 11.3 Å². The van der Waals surface area contributed by atoms with Crippen molar-refractivity contribution in [1.82, 2.24) is 9.55 Å². The Morgan fingerprint density at radius 1 is 1.12 bits per heavy atom. The second kappa shape index (κ2) is 5.55. The number of nitrogens with zero attached hydrogens (tertiary/aromatic N) is 3. The molecule has 25 heavy (non-hydrogen) atoms. The third kappa shape index (κ3) is 2.35. The molecule has 2 heterocycles. The summed E-state index contributed by atoms with van der Waals surface area (Å²) in [4.78, 5) is 19.0. The number of hydrogen-bond donors (Lipinski definition) is 0. The number of carbonyl (C=O) groups is 1. The first kappa shape index (κ1) is 15.6. The highest BCUT2D eigenvalue weighted by molar-refractivity contribution is 6.02. The molecule has 0 fully saturated rings. The molecule has 1 atom stereocenters. The number of fused-ring (bicyclic) bond motifs is 1. The third-order valence-corrected chi connectivity index (χ3v) is 4.81. The number of likely N-dealkylation sites (N-methyl/N-ethyl adjacent to an activating group) is 1. The van der Waals surface area contributed by atoms with Crippen LogP contribution in [0.2, 0.25) is 0 Å². The van der Waals surface area contributed by atoms with Gasteiger partial charge in [0.05, 0.1) is 11.9 Å². The minimum Gasteiger partial charge on any atom is -0.294 e. The molecule has 0 saturated heterocycles. The van der Waals surface area contributed by atoms with Gasteiger partial charge in [-0.2, -0.15) is 0 Å². The Morgan fingerprint density at radius 3 is 2.60 bits per heavy atom. The first-order chi connectivity index (χ1) is 12.0. The lowest BCUT2D eigenvalue weighted by molar-refractivity contribution is -0.124. The van der Waals surface area contributed by atoms with Crippen molar-refractivity contribution in [3.63, 3.8) is 0 Å². The van der Waals surface area contributed by atoms with Crippen molar-refractivity contribution >= 4 is 11.9 Å². The zero-order valence-electron chi connectivity index (χ0n) is 14.1. The fourth-order valence-corrected chi connectivity index (χ4v) is 3.61. The summed E-state index contributed by atoms with van der Waals surface area (Å²) >= 11 is 0. The molecular formula is C20H18FN3O. The molecule has 0 radical (unpaired) electrons. The number of rotatable bonds is 3. The maximum absolute atomic E-state index is 13.7. The summed E-state index contributed by atoms with van der Waals surface area (Å²) in [6.07, 6.45) is 2.25. The third-order valence-electron chi connectivity index (χ3n) is 4.81. The van der Waals surface area contributed by atoms with Gasteiger partial charge in [-0.1, -0.05) is 42.5 Å². The molecule has 1 unspecified atom stereocenters. The van der Waals surface area contributed by atoms with E-state index >= 15 is 0 Å². The molecule has 2 aromatic carbocycles. The van der Waals surface area contributed by atoms with E-state index in [4.69, 9.17) is 0 Å².